The van der Waals surface area contributed by atoms with E-state index >= 15 is 0 Å². The van der Waals surface area contributed by atoms with Crippen LogP contribution in [0.5, 0.6) is 0 Å². The van der Waals surface area contributed by atoms with Crippen molar-refractivity contribution < 1.29 is 14.7 Å². The second-order valence-corrected chi connectivity index (χ2v) is 6.71. The number of hydrogen-bond donors (Lipinski definition) is 1. The van der Waals surface area contributed by atoms with Gasteiger partial charge in [0.1, 0.15) is 0 Å². The zero-order valence-electron chi connectivity index (χ0n) is 10.9. The van der Waals surface area contributed by atoms with Crippen LogP contribution in [0.15, 0.2) is 51.8 Å². The van der Waals surface area contributed by atoms with Gasteiger partial charge >= 0.3 is 5.97 Å². The molecule has 5 heteroatoms. The van der Waals surface area contributed by atoms with E-state index in [1.807, 2.05) is 18.2 Å². The van der Waals surface area contributed by atoms with Crippen LogP contribution in [-0.2, 0) is 4.79 Å². The van der Waals surface area contributed by atoms with Gasteiger partial charge in [-0.25, -0.2) is 0 Å². The molecule has 2 aromatic carbocycles. The molecular weight excluding hydrogens is 352 g/mol. The van der Waals surface area contributed by atoms with Gasteiger partial charge in [0.2, 0.25) is 0 Å². The number of carbonyl (C=O) groups excluding carboxylic acids is 1. The molecule has 21 heavy (non-hydrogen) atoms. The van der Waals surface area contributed by atoms with E-state index in [0.29, 0.717) is 16.9 Å². The van der Waals surface area contributed by atoms with Crippen LogP contribution < -0.4 is 0 Å². The molecule has 0 aliphatic carbocycles. The van der Waals surface area contributed by atoms with Crippen molar-refractivity contribution >= 4 is 39.4 Å². The van der Waals surface area contributed by atoms with Crippen LogP contribution in [0.4, 0.5) is 0 Å². The summed E-state index contributed by atoms with van der Waals surface area (Å²) in [7, 11) is 0. The quantitative estimate of drug-likeness (QED) is 0.839. The SMILES string of the molecule is O=C(c1ccccc1)c1cc(Br)cc2c1SC[C@@H]2C(=O)O. The molecule has 0 unspecified atom stereocenters. The summed E-state index contributed by atoms with van der Waals surface area (Å²) in [5, 5.41) is 9.28. The summed E-state index contributed by atoms with van der Waals surface area (Å²) in [4.78, 5) is 24.8. The molecule has 1 aliphatic rings. The second-order valence-electron chi connectivity index (χ2n) is 4.77. The van der Waals surface area contributed by atoms with E-state index in [1.165, 1.54) is 11.8 Å². The van der Waals surface area contributed by atoms with Crippen LogP contribution in [0.25, 0.3) is 0 Å². The number of fused-ring (bicyclic) bond motifs is 1. The van der Waals surface area contributed by atoms with Crippen LogP contribution in [0, 0.1) is 0 Å². The fourth-order valence-corrected chi connectivity index (χ4v) is 4.22. The van der Waals surface area contributed by atoms with Crippen molar-refractivity contribution in [3.63, 3.8) is 0 Å². The van der Waals surface area contributed by atoms with Crippen LogP contribution in [0.3, 0.4) is 0 Å². The van der Waals surface area contributed by atoms with Gasteiger partial charge < -0.3 is 5.11 Å². The fraction of sp³-hybridized carbons (Fsp3) is 0.125. The molecule has 0 spiro atoms. The number of benzene rings is 2. The lowest BCUT2D eigenvalue weighted by Gasteiger charge is -2.10. The smallest absolute Gasteiger partial charge is 0.311 e. The van der Waals surface area contributed by atoms with Crippen molar-refractivity contribution in [3.8, 4) is 0 Å². The first-order valence-electron chi connectivity index (χ1n) is 6.36. The molecule has 106 valence electrons. The van der Waals surface area contributed by atoms with Crippen molar-refractivity contribution in [1.82, 2.24) is 0 Å². The van der Waals surface area contributed by atoms with Crippen molar-refractivity contribution in [1.29, 1.82) is 0 Å². The summed E-state index contributed by atoms with van der Waals surface area (Å²) < 4.78 is 0.731. The molecule has 0 saturated heterocycles. The van der Waals surface area contributed by atoms with Gasteiger partial charge in [-0.3, -0.25) is 9.59 Å². The molecule has 2 aromatic rings. The molecule has 0 amide bonds. The summed E-state index contributed by atoms with van der Waals surface area (Å²) in [6.07, 6.45) is 0. The highest BCUT2D eigenvalue weighted by Crippen LogP contribution is 2.44. The lowest BCUT2D eigenvalue weighted by Crippen LogP contribution is -2.11. The molecule has 1 aliphatic heterocycles. The van der Waals surface area contributed by atoms with Crippen LogP contribution in [0.2, 0.25) is 0 Å². The minimum Gasteiger partial charge on any atom is -0.481 e. The largest absolute Gasteiger partial charge is 0.481 e. The van der Waals surface area contributed by atoms with E-state index in [9.17, 15) is 14.7 Å². The van der Waals surface area contributed by atoms with Crippen molar-refractivity contribution in [3.05, 3.63) is 63.6 Å². The summed E-state index contributed by atoms with van der Waals surface area (Å²) in [5.41, 5.74) is 1.90. The number of rotatable bonds is 3. The third-order valence-electron chi connectivity index (χ3n) is 3.43. The normalized spacial score (nSPS) is 16.5. The number of halogens is 1. The van der Waals surface area contributed by atoms with Gasteiger partial charge in [-0.1, -0.05) is 46.3 Å². The summed E-state index contributed by atoms with van der Waals surface area (Å²) in [6.45, 7) is 0. The van der Waals surface area contributed by atoms with E-state index in [-0.39, 0.29) is 5.78 Å². The van der Waals surface area contributed by atoms with Gasteiger partial charge in [0.25, 0.3) is 0 Å². The van der Waals surface area contributed by atoms with Gasteiger partial charge in [-0.05, 0) is 17.7 Å². The molecular formula is C16H11BrO3S. The Bertz CT molecular complexity index is 728. The standard InChI is InChI=1S/C16H11BrO3S/c17-10-6-11-13(16(19)20)8-21-15(11)12(7-10)14(18)9-4-2-1-3-5-9/h1-7,13H,8H2,(H,19,20)/t13-/m0/s1. The maximum Gasteiger partial charge on any atom is 0.311 e. The van der Waals surface area contributed by atoms with Crippen LogP contribution >= 0.6 is 27.7 Å². The third-order valence-corrected chi connectivity index (χ3v) is 5.13. The lowest BCUT2D eigenvalue weighted by molar-refractivity contribution is -0.138. The zero-order chi connectivity index (χ0) is 15.0. The number of thioether (sulfide) groups is 1. The lowest BCUT2D eigenvalue weighted by atomic mass is 9.96. The van der Waals surface area contributed by atoms with E-state index < -0.39 is 11.9 Å². The number of aliphatic carboxylic acids is 1. The number of carboxylic acids is 1. The minimum atomic E-state index is -0.850. The number of carbonyl (C=O) groups is 2. The molecule has 0 fully saturated rings. The molecule has 3 nitrogen and oxygen atoms in total. The highest BCUT2D eigenvalue weighted by atomic mass is 79.9. The molecule has 1 atom stereocenters. The monoisotopic (exact) mass is 362 g/mol. The van der Waals surface area contributed by atoms with E-state index in [0.717, 1.165) is 14.9 Å². The van der Waals surface area contributed by atoms with Crippen molar-refractivity contribution in [2.45, 2.75) is 10.8 Å². The summed E-state index contributed by atoms with van der Waals surface area (Å²) in [5.74, 6) is -1.01. The maximum absolute atomic E-state index is 12.7. The molecule has 0 saturated carbocycles. The first kappa shape index (κ1) is 14.4. The summed E-state index contributed by atoms with van der Waals surface area (Å²) >= 11 is 4.82. The Balaban J connectivity index is 2.11. The maximum atomic E-state index is 12.7. The first-order valence-corrected chi connectivity index (χ1v) is 8.14. The zero-order valence-corrected chi connectivity index (χ0v) is 13.3. The number of hydrogen-bond acceptors (Lipinski definition) is 3. The third kappa shape index (κ3) is 2.63. The second kappa shape index (κ2) is 5.66. The number of carboxylic acid groups (broad SMARTS) is 1. The Hall–Kier alpha value is -1.59. The van der Waals surface area contributed by atoms with E-state index in [4.69, 9.17) is 0 Å². The molecule has 1 N–H and O–H groups in total. The Morgan fingerprint density at radius 2 is 1.90 bits per heavy atom. The van der Waals surface area contributed by atoms with Gasteiger partial charge in [-0.2, -0.15) is 0 Å². The van der Waals surface area contributed by atoms with Gasteiger partial charge in [0, 0.05) is 26.2 Å². The highest BCUT2D eigenvalue weighted by molar-refractivity contribution is 9.10. The average Bonchev–Trinajstić information content (AvgIpc) is 2.90. The predicted octanol–water partition coefficient (Wildman–Crippen LogP) is 3.95. The topological polar surface area (TPSA) is 54.4 Å². The molecule has 0 radical (unpaired) electrons. The highest BCUT2D eigenvalue weighted by Gasteiger charge is 2.32. The van der Waals surface area contributed by atoms with Gasteiger partial charge in [0.15, 0.2) is 5.78 Å². The first-order chi connectivity index (χ1) is 10.1. The van der Waals surface area contributed by atoms with Crippen molar-refractivity contribution in [2.24, 2.45) is 0 Å². The number of ketones is 1. The fourth-order valence-electron chi connectivity index (χ4n) is 2.41. The molecule has 0 bridgehead atoms. The summed E-state index contributed by atoms with van der Waals surface area (Å²) in [6, 6.07) is 12.6. The molecule has 3 rings (SSSR count). The van der Waals surface area contributed by atoms with Crippen LogP contribution in [-0.4, -0.2) is 22.6 Å². The Morgan fingerprint density at radius 3 is 2.57 bits per heavy atom. The van der Waals surface area contributed by atoms with Gasteiger partial charge in [0.05, 0.1) is 5.92 Å². The van der Waals surface area contributed by atoms with Gasteiger partial charge in [-0.15, -0.1) is 11.8 Å². The van der Waals surface area contributed by atoms with E-state index in [1.54, 1.807) is 24.3 Å². The Morgan fingerprint density at radius 1 is 1.19 bits per heavy atom. The minimum absolute atomic E-state index is 0.0771. The molecule has 0 aromatic heterocycles. The Labute approximate surface area is 134 Å². The van der Waals surface area contributed by atoms with Crippen LogP contribution in [0.1, 0.15) is 27.4 Å². The van der Waals surface area contributed by atoms with Crippen molar-refractivity contribution in [2.75, 3.05) is 5.75 Å². The van der Waals surface area contributed by atoms with E-state index in [2.05, 4.69) is 15.9 Å². The predicted molar refractivity (Wildman–Crippen MR) is 85.1 cm³/mol. The Kier molecular flexibility index (Phi) is 3.87. The average molecular weight is 363 g/mol. The molecule has 1 heterocycles.